The zero-order chi connectivity index (χ0) is 19.3. The Hall–Kier alpha value is -2.86. The fourth-order valence-electron chi connectivity index (χ4n) is 4.23. The lowest BCUT2D eigenvalue weighted by Gasteiger charge is -2.39. The van der Waals surface area contributed by atoms with Crippen molar-refractivity contribution in [1.29, 1.82) is 0 Å². The number of carboxylic acid groups (broad SMARTS) is 1. The zero-order valence-corrected chi connectivity index (χ0v) is 15.2. The number of aromatic carboxylic acids is 1. The van der Waals surface area contributed by atoms with E-state index in [1.807, 2.05) is 13.0 Å². The van der Waals surface area contributed by atoms with E-state index < -0.39 is 10.9 Å². The van der Waals surface area contributed by atoms with Gasteiger partial charge in [-0.25, -0.2) is 4.79 Å². The first-order chi connectivity index (χ1) is 12.9. The molecule has 3 atom stereocenters. The highest BCUT2D eigenvalue weighted by molar-refractivity contribution is 6.32. The molecule has 0 spiro atoms. The quantitative estimate of drug-likeness (QED) is 0.437. The predicted octanol–water partition coefficient (Wildman–Crippen LogP) is 5.08. The summed E-state index contributed by atoms with van der Waals surface area (Å²) >= 11 is 5.96. The molecule has 27 heavy (non-hydrogen) atoms. The first-order valence-electron chi connectivity index (χ1n) is 8.62. The minimum atomic E-state index is -0.951. The number of allylic oxidation sites excluding steroid dienone is 2. The van der Waals surface area contributed by atoms with Gasteiger partial charge in [0, 0.05) is 17.7 Å². The summed E-state index contributed by atoms with van der Waals surface area (Å²) in [6, 6.07) is 8.12. The molecule has 0 bridgehead atoms. The molecule has 2 aliphatic rings. The summed E-state index contributed by atoms with van der Waals surface area (Å²) < 4.78 is 0. The number of nitro groups is 1. The molecule has 2 N–H and O–H groups in total. The maximum Gasteiger partial charge on any atom is 0.336 e. The van der Waals surface area contributed by atoms with E-state index >= 15 is 0 Å². The number of carbonyl (C=O) groups is 1. The lowest BCUT2D eigenvalue weighted by atomic mass is 9.74. The van der Waals surface area contributed by atoms with E-state index in [0.717, 1.165) is 28.8 Å². The van der Waals surface area contributed by atoms with Crippen molar-refractivity contribution in [3.8, 4) is 0 Å². The van der Waals surface area contributed by atoms with Gasteiger partial charge in [0.15, 0.2) is 0 Å². The number of hydrogen-bond acceptors (Lipinski definition) is 4. The SMILES string of the molecule is Cc1ccc(C(=O)O)c2c1N[C@H](c1ccc(Cl)c([N+](=O)[O-])c1)[C@H]1CC=C[C@@H]21. The highest BCUT2D eigenvalue weighted by Crippen LogP contribution is 2.52. The fraction of sp³-hybridized carbons (Fsp3) is 0.250. The number of rotatable bonds is 3. The molecule has 0 radical (unpaired) electrons. The Morgan fingerprint density at radius 1 is 1.33 bits per heavy atom. The number of fused-ring (bicyclic) bond motifs is 3. The van der Waals surface area contributed by atoms with Crippen molar-refractivity contribution in [2.75, 3.05) is 5.32 Å². The molecule has 1 heterocycles. The molecular weight excluding hydrogens is 368 g/mol. The maximum atomic E-state index is 11.7. The van der Waals surface area contributed by atoms with Gasteiger partial charge in [0.25, 0.3) is 5.69 Å². The van der Waals surface area contributed by atoms with Gasteiger partial charge in [-0.2, -0.15) is 0 Å². The highest BCUT2D eigenvalue weighted by Gasteiger charge is 2.41. The van der Waals surface area contributed by atoms with Crippen LogP contribution in [0, 0.1) is 23.0 Å². The number of nitrogens with one attached hydrogen (secondary N) is 1. The first-order valence-corrected chi connectivity index (χ1v) is 9.00. The van der Waals surface area contributed by atoms with Crippen molar-refractivity contribution in [2.24, 2.45) is 5.92 Å². The number of hydrogen-bond donors (Lipinski definition) is 2. The summed E-state index contributed by atoms with van der Waals surface area (Å²) in [5, 5.41) is 24.5. The molecule has 0 saturated carbocycles. The summed E-state index contributed by atoms with van der Waals surface area (Å²) in [5.74, 6) is -0.919. The van der Waals surface area contributed by atoms with E-state index in [4.69, 9.17) is 11.6 Å². The third-order valence-electron chi connectivity index (χ3n) is 5.48. The highest BCUT2D eigenvalue weighted by atomic mass is 35.5. The number of nitro benzene ring substituents is 1. The molecule has 6 nitrogen and oxygen atoms in total. The molecule has 2 aromatic rings. The second kappa shape index (κ2) is 6.39. The van der Waals surface area contributed by atoms with Gasteiger partial charge in [-0.05, 0) is 48.1 Å². The van der Waals surface area contributed by atoms with Gasteiger partial charge >= 0.3 is 5.97 Å². The molecule has 4 rings (SSSR count). The maximum absolute atomic E-state index is 11.7. The Bertz CT molecular complexity index is 1000. The predicted molar refractivity (Wildman–Crippen MR) is 103 cm³/mol. The largest absolute Gasteiger partial charge is 0.478 e. The third-order valence-corrected chi connectivity index (χ3v) is 5.80. The van der Waals surface area contributed by atoms with Crippen molar-refractivity contribution < 1.29 is 14.8 Å². The molecular formula is C20H17ClN2O4. The van der Waals surface area contributed by atoms with Crippen LogP contribution in [0.2, 0.25) is 5.02 Å². The molecule has 0 fully saturated rings. The fourth-order valence-corrected chi connectivity index (χ4v) is 4.42. The zero-order valence-electron chi connectivity index (χ0n) is 14.5. The minimum Gasteiger partial charge on any atom is -0.478 e. The van der Waals surface area contributed by atoms with Crippen LogP contribution in [-0.4, -0.2) is 16.0 Å². The van der Waals surface area contributed by atoms with Gasteiger partial charge < -0.3 is 10.4 Å². The van der Waals surface area contributed by atoms with Crippen molar-refractivity contribution in [2.45, 2.75) is 25.3 Å². The van der Waals surface area contributed by atoms with E-state index in [9.17, 15) is 20.0 Å². The van der Waals surface area contributed by atoms with Crippen LogP contribution in [0.4, 0.5) is 11.4 Å². The number of halogens is 1. The lowest BCUT2D eigenvalue weighted by Crippen LogP contribution is -2.31. The Labute approximate surface area is 160 Å². The average molecular weight is 385 g/mol. The van der Waals surface area contributed by atoms with Crippen molar-refractivity contribution in [3.05, 3.63) is 79.9 Å². The standard InChI is InChI=1S/C20H17ClN2O4/c1-10-5-7-14(20(24)25)17-12-3-2-4-13(12)19(22-18(10)17)11-6-8-15(21)16(9-11)23(26)27/h2-3,5-9,12-13,19,22H,4H2,1H3,(H,24,25)/t12-,13+,19-/m1/s1. The van der Waals surface area contributed by atoms with E-state index in [1.165, 1.54) is 6.07 Å². The van der Waals surface area contributed by atoms with Gasteiger partial charge in [0.2, 0.25) is 0 Å². The van der Waals surface area contributed by atoms with Crippen LogP contribution in [0.25, 0.3) is 0 Å². The Morgan fingerprint density at radius 2 is 2.11 bits per heavy atom. The third kappa shape index (κ3) is 2.77. The minimum absolute atomic E-state index is 0.0491. The van der Waals surface area contributed by atoms with Crippen LogP contribution in [0.5, 0.6) is 0 Å². The molecule has 138 valence electrons. The van der Waals surface area contributed by atoms with Crippen LogP contribution < -0.4 is 5.32 Å². The molecule has 1 aliphatic carbocycles. The normalized spacial score (nSPS) is 22.7. The lowest BCUT2D eigenvalue weighted by molar-refractivity contribution is -0.384. The number of benzene rings is 2. The van der Waals surface area contributed by atoms with E-state index in [1.54, 1.807) is 24.3 Å². The topological polar surface area (TPSA) is 92.5 Å². The summed E-state index contributed by atoms with van der Waals surface area (Å²) in [6.45, 7) is 1.93. The summed E-state index contributed by atoms with van der Waals surface area (Å²) in [6.07, 6.45) is 4.87. The Morgan fingerprint density at radius 3 is 2.81 bits per heavy atom. The van der Waals surface area contributed by atoms with E-state index in [-0.39, 0.29) is 28.6 Å². The molecule has 0 saturated heterocycles. The van der Waals surface area contributed by atoms with Crippen molar-refractivity contribution in [3.63, 3.8) is 0 Å². The molecule has 0 amide bonds. The summed E-state index contributed by atoms with van der Waals surface area (Å²) in [5.41, 5.74) is 3.48. The second-order valence-electron chi connectivity index (χ2n) is 6.97. The van der Waals surface area contributed by atoms with Gasteiger partial charge in [-0.1, -0.05) is 35.9 Å². The number of nitrogens with zero attached hydrogens (tertiary/aromatic N) is 1. The van der Waals surface area contributed by atoms with Crippen molar-refractivity contribution >= 4 is 28.9 Å². The monoisotopic (exact) mass is 384 g/mol. The van der Waals surface area contributed by atoms with Gasteiger partial charge in [-0.15, -0.1) is 0 Å². The number of carboxylic acids is 1. The molecule has 0 aromatic heterocycles. The molecule has 1 aliphatic heterocycles. The molecule has 0 unspecified atom stereocenters. The first kappa shape index (κ1) is 17.5. The van der Waals surface area contributed by atoms with E-state index in [0.29, 0.717) is 5.56 Å². The number of aryl methyl sites for hydroxylation is 1. The van der Waals surface area contributed by atoms with Crippen LogP contribution in [0.3, 0.4) is 0 Å². The van der Waals surface area contributed by atoms with Gasteiger partial charge in [0.05, 0.1) is 16.5 Å². The van der Waals surface area contributed by atoms with Gasteiger partial charge in [0.1, 0.15) is 5.02 Å². The Kier molecular flexibility index (Phi) is 4.15. The van der Waals surface area contributed by atoms with Crippen LogP contribution in [-0.2, 0) is 0 Å². The van der Waals surface area contributed by atoms with Crippen molar-refractivity contribution in [1.82, 2.24) is 0 Å². The summed E-state index contributed by atoms with van der Waals surface area (Å²) in [4.78, 5) is 22.5. The molecule has 7 heteroatoms. The van der Waals surface area contributed by atoms with Crippen LogP contribution >= 0.6 is 11.6 Å². The smallest absolute Gasteiger partial charge is 0.336 e. The van der Waals surface area contributed by atoms with Crippen LogP contribution in [0.15, 0.2) is 42.5 Å². The average Bonchev–Trinajstić information content (AvgIpc) is 3.11. The Balaban J connectivity index is 1.86. The number of anilines is 1. The van der Waals surface area contributed by atoms with E-state index in [2.05, 4.69) is 11.4 Å². The van der Waals surface area contributed by atoms with Gasteiger partial charge in [-0.3, -0.25) is 10.1 Å². The molecule has 2 aromatic carbocycles. The second-order valence-corrected chi connectivity index (χ2v) is 7.37. The summed E-state index contributed by atoms with van der Waals surface area (Å²) in [7, 11) is 0. The van der Waals surface area contributed by atoms with Crippen LogP contribution in [0.1, 0.15) is 45.4 Å².